The van der Waals surface area contributed by atoms with Gasteiger partial charge in [0, 0.05) is 12.1 Å². The largest absolute Gasteiger partial charge is 0.352 e. The normalized spacial score (nSPS) is 9.77. The van der Waals surface area contributed by atoms with Gasteiger partial charge in [0.25, 0.3) is 5.91 Å². The van der Waals surface area contributed by atoms with E-state index in [1.54, 1.807) is 0 Å². The summed E-state index contributed by atoms with van der Waals surface area (Å²) in [6.45, 7) is 2.40. The molecule has 0 radical (unpaired) electrons. The molecule has 0 aliphatic heterocycles. The first-order valence-corrected chi connectivity index (χ1v) is 4.50. The molecule has 1 N–H and O–H groups in total. The molecular weight excluding hydrogens is 211 g/mol. The van der Waals surface area contributed by atoms with Gasteiger partial charge in [0.2, 0.25) is 0 Å². The third kappa shape index (κ3) is 2.86. The lowest BCUT2D eigenvalue weighted by Crippen LogP contribution is -2.22. The van der Waals surface area contributed by atoms with Crippen molar-refractivity contribution in [2.45, 2.75) is 6.92 Å². The molecule has 0 aromatic carbocycles. The maximum absolute atomic E-state index is 11.3. The summed E-state index contributed by atoms with van der Waals surface area (Å²) in [5.74, 6) is -0.200. The lowest BCUT2D eigenvalue weighted by atomic mass is 10.2. The van der Waals surface area contributed by atoms with Crippen molar-refractivity contribution in [3.8, 4) is 0 Å². The summed E-state index contributed by atoms with van der Waals surface area (Å²) in [5, 5.41) is 3.07. The molecule has 1 amide bonds. The van der Waals surface area contributed by atoms with Gasteiger partial charge in [0.05, 0.1) is 0 Å². The fraction of sp³-hybridized carbons (Fsp3) is 0.250. The van der Waals surface area contributed by atoms with E-state index in [9.17, 15) is 4.79 Å². The Balaban J connectivity index is 2.94. The average molecular weight is 219 g/mol. The van der Waals surface area contributed by atoms with Crippen LogP contribution in [0.5, 0.6) is 0 Å². The zero-order chi connectivity index (χ0) is 9.84. The summed E-state index contributed by atoms with van der Waals surface area (Å²) in [4.78, 5) is 15.0. The summed E-state index contributed by atoms with van der Waals surface area (Å²) < 4.78 is 0. The van der Waals surface area contributed by atoms with Crippen LogP contribution in [-0.2, 0) is 0 Å². The minimum Gasteiger partial charge on any atom is -0.352 e. The molecule has 0 aliphatic carbocycles. The van der Waals surface area contributed by atoms with Crippen LogP contribution in [0.1, 0.15) is 17.3 Å². The molecule has 0 spiro atoms. The first-order chi connectivity index (χ1) is 6.13. The van der Waals surface area contributed by atoms with Crippen molar-refractivity contribution in [2.24, 2.45) is 0 Å². The summed E-state index contributed by atoms with van der Waals surface area (Å²) in [5.41, 5.74) is 0.423. The molecule has 1 aromatic rings. The fourth-order valence-corrected chi connectivity index (χ4v) is 1.32. The van der Waals surface area contributed by atoms with E-state index in [4.69, 9.17) is 23.2 Å². The molecule has 1 rings (SSSR count). The molecule has 0 fully saturated rings. The van der Waals surface area contributed by atoms with Crippen molar-refractivity contribution in [1.29, 1.82) is 0 Å². The highest BCUT2D eigenvalue weighted by Gasteiger charge is 2.06. The van der Waals surface area contributed by atoms with Crippen molar-refractivity contribution < 1.29 is 4.79 Å². The molecule has 0 aliphatic rings. The number of carbonyl (C=O) groups excluding carboxylic acids is 1. The molecule has 0 unspecified atom stereocenters. The van der Waals surface area contributed by atoms with E-state index in [0.717, 1.165) is 0 Å². The van der Waals surface area contributed by atoms with Gasteiger partial charge in [0.1, 0.15) is 10.3 Å². The zero-order valence-corrected chi connectivity index (χ0v) is 8.49. The number of hydrogen-bond acceptors (Lipinski definition) is 2. The third-order valence-electron chi connectivity index (χ3n) is 1.36. The number of halogens is 2. The molecule has 0 saturated carbocycles. The van der Waals surface area contributed by atoms with Crippen LogP contribution in [0.25, 0.3) is 0 Å². The van der Waals surface area contributed by atoms with Crippen molar-refractivity contribution in [1.82, 2.24) is 10.3 Å². The van der Waals surface area contributed by atoms with E-state index in [1.165, 1.54) is 12.1 Å². The van der Waals surface area contributed by atoms with E-state index in [1.807, 2.05) is 6.92 Å². The predicted octanol–water partition coefficient (Wildman–Crippen LogP) is 2.14. The number of nitrogens with zero attached hydrogens (tertiary/aromatic N) is 1. The van der Waals surface area contributed by atoms with Crippen LogP contribution in [0.3, 0.4) is 0 Å². The second-order valence-corrected chi connectivity index (χ2v) is 3.14. The summed E-state index contributed by atoms with van der Waals surface area (Å²) >= 11 is 11.2. The van der Waals surface area contributed by atoms with Crippen molar-refractivity contribution in [3.05, 3.63) is 28.0 Å². The first-order valence-electron chi connectivity index (χ1n) is 3.74. The number of amides is 1. The number of hydrogen-bond donors (Lipinski definition) is 1. The van der Waals surface area contributed by atoms with E-state index in [2.05, 4.69) is 10.3 Å². The highest BCUT2D eigenvalue weighted by molar-refractivity contribution is 6.33. The van der Waals surface area contributed by atoms with Crippen LogP contribution >= 0.6 is 23.2 Å². The highest BCUT2D eigenvalue weighted by Crippen LogP contribution is 2.14. The maximum atomic E-state index is 11.3. The van der Waals surface area contributed by atoms with Crippen molar-refractivity contribution in [3.63, 3.8) is 0 Å². The second kappa shape index (κ2) is 4.44. The number of pyridine rings is 1. The van der Waals surface area contributed by atoms with Crippen LogP contribution in [0, 0.1) is 0 Å². The van der Waals surface area contributed by atoms with Crippen molar-refractivity contribution in [2.75, 3.05) is 6.54 Å². The zero-order valence-electron chi connectivity index (χ0n) is 6.97. The molecule has 13 heavy (non-hydrogen) atoms. The lowest BCUT2D eigenvalue weighted by molar-refractivity contribution is 0.0955. The van der Waals surface area contributed by atoms with Crippen molar-refractivity contribution >= 4 is 29.1 Å². The van der Waals surface area contributed by atoms with Crippen LogP contribution in [0.15, 0.2) is 12.1 Å². The Bertz CT molecular complexity index is 308. The van der Waals surface area contributed by atoms with Crippen LogP contribution in [0.4, 0.5) is 0 Å². The Morgan fingerprint density at radius 3 is 2.46 bits per heavy atom. The minimum absolute atomic E-state index is 0.200. The molecule has 3 nitrogen and oxygen atoms in total. The van der Waals surface area contributed by atoms with Crippen LogP contribution in [-0.4, -0.2) is 17.4 Å². The topological polar surface area (TPSA) is 42.0 Å². The molecule has 1 aromatic heterocycles. The predicted molar refractivity (Wildman–Crippen MR) is 52.3 cm³/mol. The van der Waals surface area contributed by atoms with Gasteiger partial charge < -0.3 is 5.32 Å². The van der Waals surface area contributed by atoms with E-state index in [0.29, 0.717) is 12.1 Å². The number of nitrogens with one attached hydrogen (secondary N) is 1. The Hall–Kier alpha value is -0.800. The van der Waals surface area contributed by atoms with Gasteiger partial charge in [-0.05, 0) is 19.1 Å². The standard InChI is InChI=1S/C8H8Cl2N2O/c1-2-11-8(13)5-3-6(9)12-7(10)4-5/h3-4H,2H2,1H3,(H,11,13). The maximum Gasteiger partial charge on any atom is 0.251 e. The first kappa shape index (κ1) is 10.3. The molecule has 0 saturated heterocycles. The Morgan fingerprint density at radius 2 is 2.00 bits per heavy atom. The molecule has 5 heteroatoms. The average Bonchev–Trinajstić information content (AvgIpc) is 2.03. The van der Waals surface area contributed by atoms with Gasteiger partial charge in [-0.15, -0.1) is 0 Å². The molecule has 0 atom stereocenters. The van der Waals surface area contributed by atoms with Gasteiger partial charge in [-0.25, -0.2) is 4.98 Å². The Morgan fingerprint density at radius 1 is 1.46 bits per heavy atom. The molecular formula is C8H8Cl2N2O. The molecule has 0 bridgehead atoms. The summed E-state index contributed by atoms with van der Waals surface area (Å²) in [6.07, 6.45) is 0. The number of rotatable bonds is 2. The van der Waals surface area contributed by atoms with Crippen LogP contribution < -0.4 is 5.32 Å². The van der Waals surface area contributed by atoms with Gasteiger partial charge in [0.15, 0.2) is 0 Å². The van der Waals surface area contributed by atoms with Crippen LogP contribution in [0.2, 0.25) is 10.3 Å². The van der Waals surface area contributed by atoms with E-state index in [-0.39, 0.29) is 16.2 Å². The minimum atomic E-state index is -0.200. The quantitative estimate of drug-likeness (QED) is 0.774. The second-order valence-electron chi connectivity index (χ2n) is 2.36. The van der Waals surface area contributed by atoms with E-state index >= 15 is 0 Å². The van der Waals surface area contributed by atoms with E-state index < -0.39 is 0 Å². The monoisotopic (exact) mass is 218 g/mol. The Labute approximate surface area is 86.1 Å². The van der Waals surface area contributed by atoms with Gasteiger partial charge >= 0.3 is 0 Å². The lowest BCUT2D eigenvalue weighted by Gasteiger charge is -2.02. The number of carbonyl (C=O) groups is 1. The molecule has 1 heterocycles. The SMILES string of the molecule is CCNC(=O)c1cc(Cl)nc(Cl)c1. The van der Waals surface area contributed by atoms with Gasteiger partial charge in [-0.2, -0.15) is 0 Å². The van der Waals surface area contributed by atoms with Gasteiger partial charge in [-0.1, -0.05) is 23.2 Å². The van der Waals surface area contributed by atoms with Gasteiger partial charge in [-0.3, -0.25) is 4.79 Å². The third-order valence-corrected chi connectivity index (χ3v) is 1.75. The smallest absolute Gasteiger partial charge is 0.251 e. The Kier molecular flexibility index (Phi) is 3.51. The molecule has 70 valence electrons. The highest BCUT2D eigenvalue weighted by atomic mass is 35.5. The fourth-order valence-electron chi connectivity index (χ4n) is 0.859. The number of aromatic nitrogens is 1. The summed E-state index contributed by atoms with van der Waals surface area (Å²) in [6, 6.07) is 2.94. The summed E-state index contributed by atoms with van der Waals surface area (Å²) in [7, 11) is 0.